The van der Waals surface area contributed by atoms with Crippen LogP contribution in [0.4, 0.5) is 5.69 Å². The largest absolute Gasteiger partial charge is 0.478 e. The Morgan fingerprint density at radius 2 is 1.85 bits per heavy atom. The Labute approximate surface area is 154 Å². The summed E-state index contributed by atoms with van der Waals surface area (Å²) in [7, 11) is -3.73. The van der Waals surface area contributed by atoms with E-state index in [1.54, 1.807) is 0 Å². The molecule has 6 nitrogen and oxygen atoms in total. The van der Waals surface area contributed by atoms with E-state index in [1.165, 1.54) is 18.2 Å². The molecule has 0 saturated carbocycles. The molecule has 2 aromatic carbocycles. The number of unbranched alkanes of at least 4 members (excludes halogenated alkanes) is 1. The van der Waals surface area contributed by atoms with Gasteiger partial charge in [0.2, 0.25) is 10.0 Å². The first-order chi connectivity index (χ1) is 12.3. The molecule has 0 radical (unpaired) electrons. The van der Waals surface area contributed by atoms with Crippen molar-refractivity contribution < 1.29 is 18.3 Å². The Hall–Kier alpha value is -2.38. The highest BCUT2D eigenvalue weighted by molar-refractivity contribution is 7.89. The van der Waals surface area contributed by atoms with Crippen molar-refractivity contribution >= 4 is 21.7 Å². The molecule has 140 valence electrons. The Morgan fingerprint density at radius 1 is 1.15 bits per heavy atom. The van der Waals surface area contributed by atoms with Gasteiger partial charge in [-0.2, -0.15) is 0 Å². The molecular formula is C19H24N2O4S. The van der Waals surface area contributed by atoms with Gasteiger partial charge in [0.15, 0.2) is 0 Å². The van der Waals surface area contributed by atoms with Crippen molar-refractivity contribution in [2.45, 2.75) is 37.6 Å². The molecule has 0 aliphatic heterocycles. The van der Waals surface area contributed by atoms with Gasteiger partial charge in [0.1, 0.15) is 0 Å². The predicted octanol–water partition coefficient (Wildman–Crippen LogP) is 3.64. The number of hydrogen-bond acceptors (Lipinski definition) is 4. The normalized spacial score (nSPS) is 12.5. The van der Waals surface area contributed by atoms with E-state index in [4.69, 9.17) is 0 Å². The van der Waals surface area contributed by atoms with Crippen LogP contribution >= 0.6 is 0 Å². The van der Waals surface area contributed by atoms with Crippen molar-refractivity contribution in [1.82, 2.24) is 4.72 Å². The van der Waals surface area contributed by atoms with Gasteiger partial charge in [-0.3, -0.25) is 0 Å². The summed E-state index contributed by atoms with van der Waals surface area (Å²) >= 11 is 0. The molecule has 7 heteroatoms. The maximum atomic E-state index is 12.3. The highest BCUT2D eigenvalue weighted by Crippen LogP contribution is 2.25. The minimum absolute atomic E-state index is 0.0519. The number of benzene rings is 2. The van der Waals surface area contributed by atoms with Crippen molar-refractivity contribution in [2.24, 2.45) is 0 Å². The fourth-order valence-electron chi connectivity index (χ4n) is 2.52. The van der Waals surface area contributed by atoms with Crippen LogP contribution in [0.5, 0.6) is 0 Å². The first-order valence-corrected chi connectivity index (χ1v) is 10.0. The maximum absolute atomic E-state index is 12.3. The lowest BCUT2D eigenvalue weighted by atomic mass is 10.1. The summed E-state index contributed by atoms with van der Waals surface area (Å²) in [5.74, 6) is -1.18. The fraction of sp³-hybridized carbons (Fsp3) is 0.316. The Balaban J connectivity index is 2.27. The first-order valence-electron chi connectivity index (χ1n) is 8.53. The van der Waals surface area contributed by atoms with E-state index in [-0.39, 0.29) is 16.5 Å². The third-order valence-corrected chi connectivity index (χ3v) is 5.48. The highest BCUT2D eigenvalue weighted by Gasteiger charge is 2.19. The van der Waals surface area contributed by atoms with Crippen LogP contribution in [0, 0.1) is 0 Å². The number of carboxylic acid groups (broad SMARTS) is 1. The lowest BCUT2D eigenvalue weighted by molar-refractivity contribution is 0.0697. The molecule has 0 amide bonds. The van der Waals surface area contributed by atoms with E-state index in [0.717, 1.165) is 18.4 Å². The quantitative estimate of drug-likeness (QED) is 0.581. The van der Waals surface area contributed by atoms with E-state index < -0.39 is 16.0 Å². The summed E-state index contributed by atoms with van der Waals surface area (Å²) in [6.45, 7) is 4.20. The standard InChI is InChI=1S/C19H24N2O4S/c1-3-4-12-20-26(24,25)16-10-11-18(17(13-16)19(22)23)21-14(2)15-8-6-5-7-9-15/h5-11,13-14,20-21H,3-4,12H2,1-2H3,(H,22,23)/t14-/m1/s1. The molecule has 3 N–H and O–H groups in total. The second kappa shape index (κ2) is 8.82. The van der Waals surface area contributed by atoms with Crippen LogP contribution < -0.4 is 10.0 Å². The topological polar surface area (TPSA) is 95.5 Å². The first kappa shape index (κ1) is 19.9. The molecule has 0 saturated heterocycles. The van der Waals surface area contributed by atoms with Gasteiger partial charge in [0.05, 0.1) is 10.5 Å². The van der Waals surface area contributed by atoms with Crippen molar-refractivity contribution in [3.8, 4) is 0 Å². The van der Waals surface area contributed by atoms with Gasteiger partial charge in [-0.1, -0.05) is 43.7 Å². The van der Waals surface area contributed by atoms with Crippen molar-refractivity contribution in [3.05, 3.63) is 59.7 Å². The summed E-state index contributed by atoms with van der Waals surface area (Å²) in [4.78, 5) is 11.6. The fourth-order valence-corrected chi connectivity index (χ4v) is 3.62. The molecule has 0 spiro atoms. The van der Waals surface area contributed by atoms with Crippen molar-refractivity contribution in [2.75, 3.05) is 11.9 Å². The van der Waals surface area contributed by atoms with Gasteiger partial charge in [-0.15, -0.1) is 0 Å². The molecule has 26 heavy (non-hydrogen) atoms. The summed E-state index contributed by atoms with van der Waals surface area (Å²) in [5.41, 5.74) is 1.30. The molecular weight excluding hydrogens is 352 g/mol. The zero-order chi connectivity index (χ0) is 19.2. The molecule has 2 rings (SSSR count). The summed E-state index contributed by atoms with van der Waals surface area (Å²) < 4.78 is 27.1. The second-order valence-electron chi connectivity index (χ2n) is 6.04. The summed E-state index contributed by atoms with van der Waals surface area (Å²) in [6, 6.07) is 13.6. The second-order valence-corrected chi connectivity index (χ2v) is 7.81. The third-order valence-electron chi connectivity index (χ3n) is 4.03. The van der Waals surface area contributed by atoms with Crippen LogP contribution in [0.2, 0.25) is 0 Å². The number of rotatable bonds is 9. The predicted molar refractivity (Wildman–Crippen MR) is 102 cm³/mol. The third kappa shape index (κ3) is 5.06. The Morgan fingerprint density at radius 3 is 2.46 bits per heavy atom. The average molecular weight is 376 g/mol. The van der Waals surface area contributed by atoms with Crippen LogP contribution in [0.1, 0.15) is 48.7 Å². The highest BCUT2D eigenvalue weighted by atomic mass is 32.2. The van der Waals surface area contributed by atoms with E-state index >= 15 is 0 Å². The molecule has 1 atom stereocenters. The van der Waals surface area contributed by atoms with Crippen LogP contribution in [0.25, 0.3) is 0 Å². The minimum atomic E-state index is -3.73. The Kier molecular flexibility index (Phi) is 6.76. The SMILES string of the molecule is CCCCNS(=O)(=O)c1ccc(N[C@H](C)c2ccccc2)c(C(=O)O)c1. The lowest BCUT2D eigenvalue weighted by Gasteiger charge is -2.18. The van der Waals surface area contributed by atoms with E-state index in [1.807, 2.05) is 44.2 Å². The van der Waals surface area contributed by atoms with Gasteiger partial charge in [0, 0.05) is 18.3 Å². The zero-order valence-electron chi connectivity index (χ0n) is 14.9. The average Bonchev–Trinajstić information content (AvgIpc) is 2.62. The van der Waals surface area contributed by atoms with Crippen LogP contribution in [0.15, 0.2) is 53.4 Å². The maximum Gasteiger partial charge on any atom is 0.337 e. The van der Waals surface area contributed by atoms with E-state index in [2.05, 4.69) is 10.0 Å². The van der Waals surface area contributed by atoms with Gasteiger partial charge in [0.25, 0.3) is 0 Å². The zero-order valence-corrected chi connectivity index (χ0v) is 15.7. The number of sulfonamides is 1. The van der Waals surface area contributed by atoms with Crippen molar-refractivity contribution in [3.63, 3.8) is 0 Å². The molecule has 0 aromatic heterocycles. The Bertz CT molecular complexity index is 851. The smallest absolute Gasteiger partial charge is 0.337 e. The van der Waals surface area contributed by atoms with E-state index in [9.17, 15) is 18.3 Å². The summed E-state index contributed by atoms with van der Waals surface area (Å²) in [6.07, 6.45) is 1.59. The molecule has 0 fully saturated rings. The van der Waals surface area contributed by atoms with Crippen LogP contribution in [0.3, 0.4) is 0 Å². The van der Waals surface area contributed by atoms with Gasteiger partial charge >= 0.3 is 5.97 Å². The van der Waals surface area contributed by atoms with Crippen LogP contribution in [-0.4, -0.2) is 26.0 Å². The number of carboxylic acids is 1. The molecule has 0 bridgehead atoms. The number of nitrogens with one attached hydrogen (secondary N) is 2. The number of anilines is 1. The van der Waals surface area contributed by atoms with E-state index in [0.29, 0.717) is 12.2 Å². The number of carbonyl (C=O) groups is 1. The van der Waals surface area contributed by atoms with Crippen molar-refractivity contribution in [1.29, 1.82) is 0 Å². The molecule has 0 heterocycles. The minimum Gasteiger partial charge on any atom is -0.478 e. The van der Waals surface area contributed by atoms with Gasteiger partial charge in [-0.25, -0.2) is 17.9 Å². The molecule has 0 unspecified atom stereocenters. The van der Waals surface area contributed by atoms with Gasteiger partial charge < -0.3 is 10.4 Å². The molecule has 0 aliphatic rings. The monoisotopic (exact) mass is 376 g/mol. The summed E-state index contributed by atoms with van der Waals surface area (Å²) in [5, 5.41) is 12.6. The van der Waals surface area contributed by atoms with Crippen LogP contribution in [-0.2, 0) is 10.0 Å². The molecule has 0 aliphatic carbocycles. The van der Waals surface area contributed by atoms with Gasteiger partial charge in [-0.05, 0) is 37.1 Å². The number of aromatic carboxylic acids is 1. The number of hydrogen-bond donors (Lipinski definition) is 3. The molecule has 2 aromatic rings. The lowest BCUT2D eigenvalue weighted by Crippen LogP contribution is -2.25.